The molecule has 0 amide bonds. The molecule has 18 heavy (non-hydrogen) atoms. The first-order valence-corrected chi connectivity index (χ1v) is 6.19. The summed E-state index contributed by atoms with van der Waals surface area (Å²) >= 11 is 0. The standard InChI is InChI=1S/C13H21N3O2/c1-17-12-4-3-11(7-13(12)18-2)16-6-5-15-10(8-14)9-16/h3-4,7,10,15H,5-6,8-9,14H2,1-2H3. The molecule has 0 aliphatic carbocycles. The fourth-order valence-corrected chi connectivity index (χ4v) is 2.24. The summed E-state index contributed by atoms with van der Waals surface area (Å²) in [5.74, 6) is 1.52. The molecule has 3 N–H and O–H groups in total. The van der Waals surface area contributed by atoms with Gasteiger partial charge in [-0.05, 0) is 12.1 Å². The molecule has 100 valence electrons. The zero-order valence-corrected chi connectivity index (χ0v) is 11.0. The van der Waals surface area contributed by atoms with Crippen molar-refractivity contribution in [2.75, 3.05) is 45.3 Å². The number of piperazine rings is 1. The topological polar surface area (TPSA) is 59.8 Å². The van der Waals surface area contributed by atoms with E-state index >= 15 is 0 Å². The minimum atomic E-state index is 0.354. The van der Waals surface area contributed by atoms with Crippen LogP contribution < -0.4 is 25.4 Å². The van der Waals surface area contributed by atoms with Crippen LogP contribution in [0.15, 0.2) is 18.2 Å². The summed E-state index contributed by atoms with van der Waals surface area (Å²) in [6.45, 7) is 3.51. The molecule has 1 aromatic rings. The van der Waals surface area contributed by atoms with Gasteiger partial charge in [0.05, 0.1) is 14.2 Å². The smallest absolute Gasteiger partial charge is 0.162 e. The van der Waals surface area contributed by atoms with Crippen molar-refractivity contribution in [2.24, 2.45) is 5.73 Å². The SMILES string of the molecule is COc1ccc(N2CCNC(CN)C2)cc1OC. The van der Waals surface area contributed by atoms with Crippen molar-refractivity contribution >= 4 is 5.69 Å². The summed E-state index contributed by atoms with van der Waals surface area (Å²) < 4.78 is 10.6. The normalized spacial score (nSPS) is 19.7. The number of hydrogen-bond donors (Lipinski definition) is 2. The third-order valence-corrected chi connectivity index (χ3v) is 3.27. The van der Waals surface area contributed by atoms with Gasteiger partial charge in [-0.15, -0.1) is 0 Å². The van der Waals surface area contributed by atoms with Crippen LogP contribution in [0.1, 0.15) is 0 Å². The van der Waals surface area contributed by atoms with Crippen LogP contribution in [0, 0.1) is 0 Å². The average molecular weight is 251 g/mol. The van der Waals surface area contributed by atoms with Gasteiger partial charge < -0.3 is 25.4 Å². The van der Waals surface area contributed by atoms with E-state index in [1.165, 1.54) is 0 Å². The first kappa shape index (κ1) is 13.0. The number of rotatable bonds is 4. The lowest BCUT2D eigenvalue weighted by Gasteiger charge is -2.35. The maximum atomic E-state index is 5.71. The van der Waals surface area contributed by atoms with Crippen molar-refractivity contribution in [3.05, 3.63) is 18.2 Å². The molecular formula is C13H21N3O2. The van der Waals surface area contributed by atoms with E-state index in [2.05, 4.69) is 16.3 Å². The molecule has 0 saturated carbocycles. The summed E-state index contributed by atoms with van der Waals surface area (Å²) in [5, 5.41) is 3.40. The molecule has 1 atom stereocenters. The van der Waals surface area contributed by atoms with Crippen LogP contribution in [0.4, 0.5) is 5.69 Å². The fraction of sp³-hybridized carbons (Fsp3) is 0.538. The van der Waals surface area contributed by atoms with Gasteiger partial charge in [-0.3, -0.25) is 0 Å². The van der Waals surface area contributed by atoms with Crippen LogP contribution in [0.3, 0.4) is 0 Å². The molecule has 0 spiro atoms. The van der Waals surface area contributed by atoms with Crippen LogP contribution in [0.2, 0.25) is 0 Å². The highest BCUT2D eigenvalue weighted by molar-refractivity contribution is 5.56. The van der Waals surface area contributed by atoms with Gasteiger partial charge in [0.2, 0.25) is 0 Å². The van der Waals surface area contributed by atoms with Crippen LogP contribution in [-0.2, 0) is 0 Å². The lowest BCUT2D eigenvalue weighted by Crippen LogP contribution is -2.53. The quantitative estimate of drug-likeness (QED) is 0.813. The van der Waals surface area contributed by atoms with Crippen LogP contribution >= 0.6 is 0 Å². The summed E-state index contributed by atoms with van der Waals surface area (Å²) in [4.78, 5) is 2.32. The Morgan fingerprint density at radius 3 is 2.78 bits per heavy atom. The Labute approximate surface area is 108 Å². The monoisotopic (exact) mass is 251 g/mol. The summed E-state index contributed by atoms with van der Waals surface area (Å²) in [5.41, 5.74) is 6.86. The lowest BCUT2D eigenvalue weighted by molar-refractivity contribution is 0.355. The van der Waals surface area contributed by atoms with Crippen molar-refractivity contribution in [3.8, 4) is 11.5 Å². The first-order valence-electron chi connectivity index (χ1n) is 6.19. The van der Waals surface area contributed by atoms with Gasteiger partial charge >= 0.3 is 0 Å². The second-order valence-electron chi connectivity index (χ2n) is 4.37. The zero-order valence-electron chi connectivity index (χ0n) is 11.0. The van der Waals surface area contributed by atoms with E-state index in [0.29, 0.717) is 12.6 Å². The van der Waals surface area contributed by atoms with Crippen molar-refractivity contribution in [1.29, 1.82) is 0 Å². The third kappa shape index (κ3) is 2.68. The molecule has 0 aromatic heterocycles. The number of nitrogens with one attached hydrogen (secondary N) is 1. The maximum Gasteiger partial charge on any atom is 0.162 e. The van der Waals surface area contributed by atoms with E-state index in [0.717, 1.165) is 36.8 Å². The van der Waals surface area contributed by atoms with Gasteiger partial charge in [0.25, 0.3) is 0 Å². The van der Waals surface area contributed by atoms with Gasteiger partial charge in [-0.1, -0.05) is 0 Å². The second-order valence-corrected chi connectivity index (χ2v) is 4.37. The van der Waals surface area contributed by atoms with E-state index in [-0.39, 0.29) is 0 Å². The number of hydrogen-bond acceptors (Lipinski definition) is 5. The number of ether oxygens (including phenoxy) is 2. The van der Waals surface area contributed by atoms with E-state index in [1.54, 1.807) is 14.2 Å². The molecule has 1 unspecified atom stereocenters. The molecule has 5 heteroatoms. The average Bonchev–Trinajstić information content (AvgIpc) is 2.46. The number of anilines is 1. The number of methoxy groups -OCH3 is 2. The van der Waals surface area contributed by atoms with Crippen LogP contribution in [-0.4, -0.2) is 46.4 Å². The molecule has 1 fully saturated rings. The molecule has 1 aromatic carbocycles. The molecule has 1 aliphatic rings. The highest BCUT2D eigenvalue weighted by atomic mass is 16.5. The number of benzene rings is 1. The van der Waals surface area contributed by atoms with Gasteiger partial charge in [0, 0.05) is 44.0 Å². The summed E-state index contributed by atoms with van der Waals surface area (Å²) in [6.07, 6.45) is 0. The minimum absolute atomic E-state index is 0.354. The Hall–Kier alpha value is -1.46. The van der Waals surface area contributed by atoms with Crippen molar-refractivity contribution in [2.45, 2.75) is 6.04 Å². The Balaban J connectivity index is 2.17. The maximum absolute atomic E-state index is 5.71. The molecular weight excluding hydrogens is 230 g/mol. The Morgan fingerprint density at radius 1 is 1.33 bits per heavy atom. The predicted octanol–water partition coefficient (Wildman–Crippen LogP) is 0.441. The van der Waals surface area contributed by atoms with Gasteiger partial charge in [-0.25, -0.2) is 0 Å². The number of nitrogens with two attached hydrogens (primary N) is 1. The second kappa shape index (κ2) is 5.93. The fourth-order valence-electron chi connectivity index (χ4n) is 2.24. The van der Waals surface area contributed by atoms with E-state index in [4.69, 9.17) is 15.2 Å². The Morgan fingerprint density at radius 2 is 2.11 bits per heavy atom. The van der Waals surface area contributed by atoms with E-state index in [9.17, 15) is 0 Å². The lowest BCUT2D eigenvalue weighted by atomic mass is 10.1. The minimum Gasteiger partial charge on any atom is -0.493 e. The molecule has 0 radical (unpaired) electrons. The third-order valence-electron chi connectivity index (χ3n) is 3.27. The van der Waals surface area contributed by atoms with Gasteiger partial charge in [-0.2, -0.15) is 0 Å². The zero-order chi connectivity index (χ0) is 13.0. The molecule has 2 rings (SSSR count). The Kier molecular flexibility index (Phi) is 4.28. The van der Waals surface area contributed by atoms with Gasteiger partial charge in [0.15, 0.2) is 11.5 Å². The molecule has 1 heterocycles. The largest absolute Gasteiger partial charge is 0.493 e. The molecule has 0 bridgehead atoms. The highest BCUT2D eigenvalue weighted by Gasteiger charge is 2.19. The van der Waals surface area contributed by atoms with Crippen LogP contribution in [0.25, 0.3) is 0 Å². The molecule has 1 aliphatic heterocycles. The molecule has 5 nitrogen and oxygen atoms in total. The van der Waals surface area contributed by atoms with Crippen LogP contribution in [0.5, 0.6) is 11.5 Å². The van der Waals surface area contributed by atoms with Crippen molar-refractivity contribution in [3.63, 3.8) is 0 Å². The summed E-state index contributed by atoms with van der Waals surface area (Å²) in [7, 11) is 3.30. The highest BCUT2D eigenvalue weighted by Crippen LogP contribution is 2.31. The first-order chi connectivity index (χ1) is 8.78. The van der Waals surface area contributed by atoms with Gasteiger partial charge in [0.1, 0.15) is 0 Å². The predicted molar refractivity (Wildman–Crippen MR) is 72.6 cm³/mol. The Bertz CT molecular complexity index is 398. The molecule has 1 saturated heterocycles. The van der Waals surface area contributed by atoms with E-state index < -0.39 is 0 Å². The summed E-state index contributed by atoms with van der Waals surface area (Å²) in [6, 6.07) is 6.36. The van der Waals surface area contributed by atoms with E-state index in [1.807, 2.05) is 12.1 Å². The van der Waals surface area contributed by atoms with Crippen molar-refractivity contribution < 1.29 is 9.47 Å². The van der Waals surface area contributed by atoms with Crippen molar-refractivity contribution in [1.82, 2.24) is 5.32 Å². The number of nitrogens with zero attached hydrogens (tertiary/aromatic N) is 1.